The summed E-state index contributed by atoms with van der Waals surface area (Å²) in [6.07, 6.45) is 2.78. The molecule has 2 aromatic rings. The Hall–Kier alpha value is -1.84. The first-order valence-corrected chi connectivity index (χ1v) is 5.85. The molecule has 0 bridgehead atoms. The highest BCUT2D eigenvalue weighted by molar-refractivity contribution is 5.89. The molecule has 0 radical (unpaired) electrons. The van der Waals surface area contributed by atoms with Crippen LogP contribution >= 0.6 is 0 Å². The van der Waals surface area contributed by atoms with Gasteiger partial charge in [0.2, 0.25) is 5.82 Å². The summed E-state index contributed by atoms with van der Waals surface area (Å²) < 4.78 is 0. The van der Waals surface area contributed by atoms with Crippen molar-refractivity contribution < 1.29 is 0 Å². The highest BCUT2D eigenvalue weighted by Gasteiger charge is 2.00. The molecule has 0 aliphatic heterocycles. The van der Waals surface area contributed by atoms with Crippen molar-refractivity contribution in [3.8, 4) is 0 Å². The van der Waals surface area contributed by atoms with Gasteiger partial charge in [-0.2, -0.15) is 10.2 Å². The van der Waals surface area contributed by atoms with Crippen LogP contribution < -0.4 is 0 Å². The van der Waals surface area contributed by atoms with Gasteiger partial charge in [0.25, 0.3) is 0 Å². The second-order valence-electron chi connectivity index (χ2n) is 4.40. The van der Waals surface area contributed by atoms with Crippen molar-refractivity contribution in [3.05, 3.63) is 30.5 Å². The van der Waals surface area contributed by atoms with Gasteiger partial charge in [0.05, 0.1) is 12.7 Å². The van der Waals surface area contributed by atoms with E-state index in [1.165, 1.54) is 0 Å². The molecule has 2 rings (SSSR count). The van der Waals surface area contributed by atoms with Crippen molar-refractivity contribution in [3.63, 3.8) is 0 Å². The van der Waals surface area contributed by atoms with Gasteiger partial charge in [0.1, 0.15) is 0 Å². The first-order chi connectivity index (χ1) is 8.27. The predicted molar refractivity (Wildman–Crippen MR) is 68.4 cm³/mol. The molecule has 0 unspecified atom stereocenters. The maximum absolute atomic E-state index is 4.16. The Labute approximate surface area is 101 Å². The summed E-state index contributed by atoms with van der Waals surface area (Å²) in [5.74, 6) is 1.25. The number of azo groups is 1. The Morgan fingerprint density at radius 2 is 2.06 bits per heavy atom. The molecule has 17 heavy (non-hydrogen) atoms. The molecule has 1 aromatic heterocycles. The predicted octanol–water partition coefficient (Wildman–Crippen LogP) is 3.76. The first kappa shape index (κ1) is 11.6. The number of aromatic nitrogens is 2. The quantitative estimate of drug-likeness (QED) is 0.748. The number of rotatable bonds is 4. The van der Waals surface area contributed by atoms with Gasteiger partial charge in [0.15, 0.2) is 0 Å². The van der Waals surface area contributed by atoms with Gasteiger partial charge < -0.3 is 0 Å². The standard InChI is InChI=1S/C13H16N4/c1-10(2)7-8-14-16-13-12-6-4-3-5-11(12)9-15-17-13/h3-6,9-10H,7-8H2,1-2H3. The number of benzene rings is 1. The largest absolute Gasteiger partial charge is 0.203 e. The average molecular weight is 228 g/mol. The van der Waals surface area contributed by atoms with Gasteiger partial charge in [-0.1, -0.05) is 38.1 Å². The van der Waals surface area contributed by atoms with Crippen LogP contribution in [0.4, 0.5) is 5.82 Å². The molecule has 0 amide bonds. The van der Waals surface area contributed by atoms with Gasteiger partial charge >= 0.3 is 0 Å². The molecular weight excluding hydrogens is 212 g/mol. The molecule has 0 spiro atoms. The molecule has 1 heterocycles. The van der Waals surface area contributed by atoms with Gasteiger partial charge in [-0.15, -0.1) is 10.2 Å². The van der Waals surface area contributed by atoms with E-state index in [0.29, 0.717) is 11.7 Å². The molecular formula is C13H16N4. The first-order valence-electron chi connectivity index (χ1n) is 5.85. The van der Waals surface area contributed by atoms with Crippen molar-refractivity contribution in [2.24, 2.45) is 16.1 Å². The summed E-state index contributed by atoms with van der Waals surface area (Å²) in [5.41, 5.74) is 0. The number of hydrogen-bond donors (Lipinski definition) is 0. The molecule has 0 aliphatic carbocycles. The van der Waals surface area contributed by atoms with E-state index in [2.05, 4.69) is 34.3 Å². The Balaban J connectivity index is 2.18. The fourth-order valence-corrected chi connectivity index (χ4v) is 1.52. The zero-order valence-electron chi connectivity index (χ0n) is 10.2. The summed E-state index contributed by atoms with van der Waals surface area (Å²) >= 11 is 0. The molecule has 0 fully saturated rings. The molecule has 0 saturated carbocycles. The minimum absolute atomic E-state index is 0.604. The van der Waals surface area contributed by atoms with E-state index in [-0.39, 0.29) is 0 Å². The normalized spacial score (nSPS) is 11.7. The molecule has 0 saturated heterocycles. The van der Waals surface area contributed by atoms with Crippen molar-refractivity contribution in [1.82, 2.24) is 10.2 Å². The minimum Gasteiger partial charge on any atom is -0.187 e. The smallest absolute Gasteiger partial charge is 0.187 e. The highest BCUT2D eigenvalue weighted by atomic mass is 15.2. The maximum Gasteiger partial charge on any atom is 0.203 e. The van der Waals surface area contributed by atoms with Crippen LogP contribution in [0.3, 0.4) is 0 Å². The van der Waals surface area contributed by atoms with Crippen molar-refractivity contribution in [2.75, 3.05) is 6.54 Å². The Morgan fingerprint density at radius 1 is 1.24 bits per heavy atom. The molecule has 0 N–H and O–H groups in total. The third-order valence-electron chi connectivity index (χ3n) is 2.52. The maximum atomic E-state index is 4.16. The van der Waals surface area contributed by atoms with E-state index >= 15 is 0 Å². The lowest BCUT2D eigenvalue weighted by molar-refractivity contribution is 0.589. The van der Waals surface area contributed by atoms with Crippen LogP contribution in [0.15, 0.2) is 40.7 Å². The van der Waals surface area contributed by atoms with Gasteiger partial charge in [0, 0.05) is 10.8 Å². The van der Waals surface area contributed by atoms with Crippen LogP contribution in [0, 0.1) is 5.92 Å². The summed E-state index contributed by atoms with van der Waals surface area (Å²) in [6, 6.07) is 7.93. The minimum atomic E-state index is 0.604. The second kappa shape index (κ2) is 5.48. The van der Waals surface area contributed by atoms with E-state index in [4.69, 9.17) is 0 Å². The van der Waals surface area contributed by atoms with E-state index in [9.17, 15) is 0 Å². The van der Waals surface area contributed by atoms with Crippen molar-refractivity contribution in [1.29, 1.82) is 0 Å². The van der Waals surface area contributed by atoms with E-state index in [1.54, 1.807) is 6.20 Å². The van der Waals surface area contributed by atoms with Crippen molar-refractivity contribution >= 4 is 16.6 Å². The van der Waals surface area contributed by atoms with Crippen LogP contribution in [0.1, 0.15) is 20.3 Å². The molecule has 0 aliphatic rings. The molecule has 1 aromatic carbocycles. The fraction of sp³-hybridized carbons (Fsp3) is 0.385. The van der Waals surface area contributed by atoms with Crippen LogP contribution in [0.2, 0.25) is 0 Å². The summed E-state index contributed by atoms with van der Waals surface area (Å²) in [7, 11) is 0. The van der Waals surface area contributed by atoms with Gasteiger partial charge in [-0.25, -0.2) is 0 Å². The van der Waals surface area contributed by atoms with Crippen LogP contribution in [-0.2, 0) is 0 Å². The third-order valence-corrected chi connectivity index (χ3v) is 2.52. The van der Waals surface area contributed by atoms with Gasteiger partial charge in [-0.3, -0.25) is 0 Å². The molecule has 4 heteroatoms. The van der Waals surface area contributed by atoms with E-state index in [0.717, 1.165) is 23.7 Å². The van der Waals surface area contributed by atoms with Crippen LogP contribution in [0.5, 0.6) is 0 Å². The summed E-state index contributed by atoms with van der Waals surface area (Å²) in [5, 5.41) is 18.3. The topological polar surface area (TPSA) is 50.5 Å². The molecule has 88 valence electrons. The zero-order valence-corrected chi connectivity index (χ0v) is 10.2. The Morgan fingerprint density at radius 3 is 2.88 bits per heavy atom. The molecule has 0 atom stereocenters. The lowest BCUT2D eigenvalue weighted by Gasteiger charge is -1.99. The lowest BCUT2D eigenvalue weighted by atomic mass is 10.1. The van der Waals surface area contributed by atoms with E-state index in [1.807, 2.05) is 24.3 Å². The van der Waals surface area contributed by atoms with Gasteiger partial charge in [-0.05, 0) is 12.3 Å². The lowest BCUT2D eigenvalue weighted by Crippen LogP contribution is -1.89. The monoisotopic (exact) mass is 228 g/mol. The SMILES string of the molecule is CC(C)CCN=Nc1nncc2ccccc12. The Bertz CT molecular complexity index is 514. The fourth-order valence-electron chi connectivity index (χ4n) is 1.52. The van der Waals surface area contributed by atoms with Crippen molar-refractivity contribution in [2.45, 2.75) is 20.3 Å². The number of fused-ring (bicyclic) bond motifs is 1. The van der Waals surface area contributed by atoms with E-state index < -0.39 is 0 Å². The van der Waals surface area contributed by atoms with Crippen LogP contribution in [0.25, 0.3) is 10.8 Å². The van der Waals surface area contributed by atoms with Crippen LogP contribution in [-0.4, -0.2) is 16.7 Å². The summed E-state index contributed by atoms with van der Waals surface area (Å²) in [4.78, 5) is 0. The zero-order chi connectivity index (χ0) is 12.1. The average Bonchev–Trinajstić information content (AvgIpc) is 2.34. The Kier molecular flexibility index (Phi) is 3.75. The molecule has 4 nitrogen and oxygen atoms in total. The highest BCUT2D eigenvalue weighted by Crippen LogP contribution is 2.21. The third kappa shape index (κ3) is 3.06. The number of nitrogens with zero attached hydrogens (tertiary/aromatic N) is 4. The summed E-state index contributed by atoms with van der Waals surface area (Å²) in [6.45, 7) is 5.09. The second-order valence-corrected chi connectivity index (χ2v) is 4.40. The number of hydrogen-bond acceptors (Lipinski definition) is 4.